The first kappa shape index (κ1) is 16.1. The van der Waals surface area contributed by atoms with E-state index >= 15 is 0 Å². The molecule has 0 aromatic carbocycles. The van der Waals surface area contributed by atoms with Crippen LogP contribution >= 0.6 is 0 Å². The van der Waals surface area contributed by atoms with Gasteiger partial charge in [0.2, 0.25) is 0 Å². The highest BCUT2D eigenvalue weighted by atomic mass is 16.7. The van der Waals surface area contributed by atoms with Crippen molar-refractivity contribution < 1.29 is 9.47 Å². The first-order chi connectivity index (χ1) is 12.0. The average molecular weight is 339 g/mol. The molecule has 2 saturated carbocycles. The molecule has 0 amide bonds. The molecule has 4 aliphatic carbocycles. The van der Waals surface area contributed by atoms with Crippen LogP contribution in [0.15, 0.2) is 23.3 Å². The van der Waals surface area contributed by atoms with Crippen molar-refractivity contribution in [2.75, 3.05) is 13.2 Å². The summed E-state index contributed by atoms with van der Waals surface area (Å²) in [6, 6.07) is 2.51. The van der Waals surface area contributed by atoms with E-state index < -0.39 is 0 Å². The molecule has 1 saturated heterocycles. The van der Waals surface area contributed by atoms with Crippen LogP contribution in [0.1, 0.15) is 58.8 Å². The summed E-state index contributed by atoms with van der Waals surface area (Å²) < 4.78 is 12.0. The van der Waals surface area contributed by atoms with Crippen molar-refractivity contribution >= 4 is 0 Å². The Morgan fingerprint density at radius 2 is 1.80 bits per heavy atom. The summed E-state index contributed by atoms with van der Waals surface area (Å²) in [6.07, 6.45) is 12.7. The maximum absolute atomic E-state index is 9.56. The zero-order valence-corrected chi connectivity index (χ0v) is 15.5. The molecule has 0 unspecified atom stereocenters. The lowest BCUT2D eigenvalue weighted by Gasteiger charge is -2.58. The van der Waals surface area contributed by atoms with Crippen molar-refractivity contribution in [1.29, 1.82) is 5.26 Å². The third kappa shape index (κ3) is 2.04. The summed E-state index contributed by atoms with van der Waals surface area (Å²) in [4.78, 5) is 0. The molecule has 25 heavy (non-hydrogen) atoms. The molecular weight excluding hydrogens is 310 g/mol. The second-order valence-electron chi connectivity index (χ2n) is 9.47. The van der Waals surface area contributed by atoms with Gasteiger partial charge in [-0.25, -0.2) is 0 Å². The standard InChI is InChI=1S/C22H29NO2/c1-20-8-7-19-17(18(20)6-4-16(20)14-23)5-3-15-13-22(24-11-12-25-22)10-9-21(15,19)2/h3-4,17-19H,5-13H2,1-2H3/t17-,18-,19+,20-,21+/m1/s1. The maximum atomic E-state index is 9.56. The minimum Gasteiger partial charge on any atom is -0.347 e. The van der Waals surface area contributed by atoms with Crippen LogP contribution in [0.3, 0.4) is 0 Å². The topological polar surface area (TPSA) is 42.2 Å². The number of fused-ring (bicyclic) bond motifs is 5. The molecule has 0 N–H and O–H groups in total. The van der Waals surface area contributed by atoms with Gasteiger partial charge in [0.15, 0.2) is 5.79 Å². The van der Waals surface area contributed by atoms with Crippen LogP contribution < -0.4 is 0 Å². The number of nitriles is 1. The van der Waals surface area contributed by atoms with Gasteiger partial charge in [0, 0.05) is 23.8 Å². The highest BCUT2D eigenvalue weighted by Crippen LogP contribution is 2.65. The summed E-state index contributed by atoms with van der Waals surface area (Å²) in [5.41, 5.74) is 3.09. The predicted molar refractivity (Wildman–Crippen MR) is 95.4 cm³/mol. The van der Waals surface area contributed by atoms with Crippen LogP contribution in [-0.4, -0.2) is 19.0 Å². The lowest BCUT2D eigenvalue weighted by Crippen LogP contribution is -2.52. The van der Waals surface area contributed by atoms with Gasteiger partial charge in [-0.1, -0.05) is 31.6 Å². The molecule has 3 fully saturated rings. The summed E-state index contributed by atoms with van der Waals surface area (Å²) >= 11 is 0. The Kier molecular flexibility index (Phi) is 3.35. The summed E-state index contributed by atoms with van der Waals surface area (Å²) in [5, 5.41) is 9.56. The quantitative estimate of drug-likeness (QED) is 0.598. The van der Waals surface area contributed by atoms with Crippen LogP contribution in [-0.2, 0) is 9.47 Å². The van der Waals surface area contributed by atoms with E-state index in [9.17, 15) is 5.26 Å². The van der Waals surface area contributed by atoms with Crippen molar-refractivity contribution in [1.82, 2.24) is 0 Å². The Balaban J connectivity index is 1.46. The second kappa shape index (κ2) is 5.21. The molecule has 0 aromatic heterocycles. The normalized spacial score (nSPS) is 47.3. The Morgan fingerprint density at radius 1 is 1.00 bits per heavy atom. The predicted octanol–water partition coefficient (Wildman–Crippen LogP) is 4.75. The minimum atomic E-state index is -0.315. The van der Waals surface area contributed by atoms with Crippen molar-refractivity contribution in [3.05, 3.63) is 23.3 Å². The van der Waals surface area contributed by atoms with Gasteiger partial charge >= 0.3 is 0 Å². The number of hydrogen-bond donors (Lipinski definition) is 0. The van der Waals surface area contributed by atoms with E-state index in [-0.39, 0.29) is 11.2 Å². The molecule has 3 nitrogen and oxygen atoms in total. The Morgan fingerprint density at radius 3 is 2.56 bits per heavy atom. The van der Waals surface area contributed by atoms with Gasteiger partial charge in [-0.15, -0.1) is 0 Å². The Labute approximate surface area is 151 Å². The number of allylic oxidation sites excluding steroid dienone is 3. The van der Waals surface area contributed by atoms with Gasteiger partial charge in [-0.05, 0) is 55.3 Å². The first-order valence-electron chi connectivity index (χ1n) is 10.1. The molecule has 1 spiro atoms. The average Bonchev–Trinajstić information content (AvgIpc) is 3.19. The molecule has 1 heterocycles. The van der Waals surface area contributed by atoms with E-state index in [0.717, 1.165) is 49.9 Å². The molecule has 0 aromatic rings. The Hall–Kier alpha value is -1.11. The number of rotatable bonds is 0. The van der Waals surface area contributed by atoms with Crippen LogP contribution in [0.4, 0.5) is 0 Å². The molecule has 3 heteroatoms. The third-order valence-corrected chi connectivity index (χ3v) is 8.63. The van der Waals surface area contributed by atoms with Crippen LogP contribution in [0, 0.1) is 39.9 Å². The highest BCUT2D eigenvalue weighted by molar-refractivity contribution is 5.37. The van der Waals surface area contributed by atoms with Crippen molar-refractivity contribution in [2.45, 2.75) is 64.6 Å². The van der Waals surface area contributed by atoms with Gasteiger partial charge in [-0.3, -0.25) is 0 Å². The molecule has 5 aliphatic rings. The summed E-state index contributed by atoms with van der Waals surface area (Å²) in [5.74, 6) is 1.83. The second-order valence-corrected chi connectivity index (χ2v) is 9.47. The molecular formula is C22H29NO2. The van der Waals surface area contributed by atoms with Crippen molar-refractivity contribution in [2.24, 2.45) is 28.6 Å². The fraction of sp³-hybridized carbons (Fsp3) is 0.773. The monoisotopic (exact) mass is 339 g/mol. The zero-order valence-electron chi connectivity index (χ0n) is 15.5. The van der Waals surface area contributed by atoms with E-state index in [2.05, 4.69) is 32.1 Å². The smallest absolute Gasteiger partial charge is 0.172 e. The maximum Gasteiger partial charge on any atom is 0.172 e. The van der Waals surface area contributed by atoms with E-state index in [1.165, 1.54) is 25.7 Å². The van der Waals surface area contributed by atoms with Gasteiger partial charge in [0.25, 0.3) is 0 Å². The molecule has 5 rings (SSSR count). The summed E-state index contributed by atoms with van der Waals surface area (Å²) in [7, 11) is 0. The third-order valence-electron chi connectivity index (χ3n) is 8.63. The van der Waals surface area contributed by atoms with E-state index in [4.69, 9.17) is 9.47 Å². The van der Waals surface area contributed by atoms with E-state index in [0.29, 0.717) is 11.3 Å². The van der Waals surface area contributed by atoms with Gasteiger partial charge < -0.3 is 9.47 Å². The minimum absolute atomic E-state index is 0.130. The first-order valence-corrected chi connectivity index (χ1v) is 10.1. The van der Waals surface area contributed by atoms with E-state index in [1.54, 1.807) is 5.57 Å². The van der Waals surface area contributed by atoms with Crippen LogP contribution in [0.2, 0.25) is 0 Å². The van der Waals surface area contributed by atoms with Gasteiger partial charge in [-0.2, -0.15) is 5.26 Å². The largest absolute Gasteiger partial charge is 0.347 e. The zero-order chi connectivity index (χ0) is 17.3. The lowest BCUT2D eigenvalue weighted by atomic mass is 9.47. The lowest BCUT2D eigenvalue weighted by molar-refractivity contribution is -0.184. The SMILES string of the molecule is C[C@]12CCC3(CC1=CC[C@@H]1[C@H]4CC=C(C#N)[C@@]4(C)CC[C@@H]12)OCCO3. The Bertz CT molecular complexity index is 695. The summed E-state index contributed by atoms with van der Waals surface area (Å²) in [6.45, 7) is 6.36. The number of ether oxygens (including phenoxy) is 2. The van der Waals surface area contributed by atoms with Crippen molar-refractivity contribution in [3.63, 3.8) is 0 Å². The van der Waals surface area contributed by atoms with Crippen LogP contribution in [0.25, 0.3) is 0 Å². The molecule has 0 radical (unpaired) electrons. The fourth-order valence-electron chi connectivity index (χ4n) is 7.09. The molecule has 0 bridgehead atoms. The highest BCUT2D eigenvalue weighted by Gasteiger charge is 2.58. The van der Waals surface area contributed by atoms with Crippen LogP contribution in [0.5, 0.6) is 0 Å². The molecule has 1 aliphatic heterocycles. The molecule has 5 atom stereocenters. The number of nitrogens with zero attached hydrogens (tertiary/aromatic N) is 1. The van der Waals surface area contributed by atoms with E-state index in [1.807, 2.05) is 0 Å². The van der Waals surface area contributed by atoms with Gasteiger partial charge in [0.1, 0.15) is 0 Å². The van der Waals surface area contributed by atoms with Gasteiger partial charge in [0.05, 0.1) is 19.3 Å². The fourth-order valence-corrected chi connectivity index (χ4v) is 7.09. The number of hydrogen-bond acceptors (Lipinski definition) is 3. The molecule has 134 valence electrons. The van der Waals surface area contributed by atoms with Crippen molar-refractivity contribution in [3.8, 4) is 6.07 Å².